The van der Waals surface area contributed by atoms with Crippen LogP contribution in [0, 0.1) is 10.1 Å². The van der Waals surface area contributed by atoms with Crippen LogP contribution in [-0.4, -0.2) is 36.6 Å². The first-order valence-corrected chi connectivity index (χ1v) is 5.93. The zero-order valence-corrected chi connectivity index (χ0v) is 10.3. The molecule has 100 valence electrons. The third kappa shape index (κ3) is 1.39. The number of nitrogens with zero attached hydrogens (tertiary/aromatic N) is 1. The lowest BCUT2D eigenvalue weighted by atomic mass is 9.87. The van der Waals surface area contributed by atoms with E-state index >= 15 is 0 Å². The summed E-state index contributed by atoms with van der Waals surface area (Å²) in [5.74, 6) is -0.492. The lowest BCUT2D eigenvalue weighted by Gasteiger charge is -2.21. The Morgan fingerprint density at radius 2 is 2.26 bits per heavy atom. The molecule has 0 aliphatic carbocycles. The highest BCUT2D eigenvalue weighted by Crippen LogP contribution is 2.45. The summed E-state index contributed by atoms with van der Waals surface area (Å²) >= 11 is 0. The van der Waals surface area contributed by atoms with Gasteiger partial charge in [0.25, 0.3) is 5.54 Å². The minimum atomic E-state index is -1.31. The van der Waals surface area contributed by atoms with Gasteiger partial charge in [0.1, 0.15) is 12.1 Å². The van der Waals surface area contributed by atoms with Crippen LogP contribution in [0.1, 0.15) is 5.56 Å². The number of hydrogen-bond donors (Lipinski definition) is 2. The summed E-state index contributed by atoms with van der Waals surface area (Å²) in [6, 6.07) is 5.73. The van der Waals surface area contributed by atoms with Crippen LogP contribution in [0.5, 0.6) is 0 Å². The van der Waals surface area contributed by atoms with E-state index in [1.165, 1.54) is 7.11 Å². The Labute approximate surface area is 109 Å². The van der Waals surface area contributed by atoms with Crippen LogP contribution in [0.2, 0.25) is 0 Å². The Balaban J connectivity index is 2.10. The molecule has 0 aromatic heterocycles. The summed E-state index contributed by atoms with van der Waals surface area (Å²) < 4.78 is 4.70. The number of para-hydroxylation sites is 1. The third-order valence-electron chi connectivity index (χ3n) is 3.92. The zero-order valence-electron chi connectivity index (χ0n) is 10.3. The number of ether oxygens (including phenoxy) is 1. The molecule has 0 amide bonds. The molecule has 1 fully saturated rings. The second kappa shape index (κ2) is 3.92. The third-order valence-corrected chi connectivity index (χ3v) is 3.92. The van der Waals surface area contributed by atoms with Crippen molar-refractivity contribution in [2.45, 2.75) is 17.6 Å². The van der Waals surface area contributed by atoms with Crippen molar-refractivity contribution >= 4 is 11.7 Å². The summed E-state index contributed by atoms with van der Waals surface area (Å²) in [7, 11) is 1.28. The fraction of sp³-hybridized carbons (Fsp3) is 0.417. The monoisotopic (exact) mass is 263 g/mol. The first kappa shape index (κ1) is 11.9. The molecule has 1 saturated heterocycles. The summed E-state index contributed by atoms with van der Waals surface area (Å²) in [4.78, 5) is 23.0. The van der Waals surface area contributed by atoms with Crippen molar-refractivity contribution in [2.75, 3.05) is 19.0 Å². The maximum Gasteiger partial charge on any atom is 0.325 e. The zero-order chi connectivity index (χ0) is 13.6. The second-order valence-corrected chi connectivity index (χ2v) is 4.73. The van der Waals surface area contributed by atoms with Gasteiger partial charge in [-0.15, -0.1) is 0 Å². The van der Waals surface area contributed by atoms with Crippen molar-refractivity contribution in [1.82, 2.24) is 5.32 Å². The molecule has 0 spiro atoms. The molecule has 2 aliphatic heterocycles. The lowest BCUT2D eigenvalue weighted by Crippen LogP contribution is -2.49. The van der Waals surface area contributed by atoms with E-state index < -0.39 is 23.6 Å². The number of rotatable bonds is 2. The van der Waals surface area contributed by atoms with E-state index in [1.54, 1.807) is 24.3 Å². The molecule has 2 heterocycles. The van der Waals surface area contributed by atoms with Crippen LogP contribution < -0.4 is 10.6 Å². The fourth-order valence-corrected chi connectivity index (χ4v) is 3.01. The summed E-state index contributed by atoms with van der Waals surface area (Å²) in [6.07, 6.45) is 0. The van der Waals surface area contributed by atoms with E-state index in [1.807, 2.05) is 0 Å². The van der Waals surface area contributed by atoms with Crippen LogP contribution >= 0.6 is 0 Å². The molecule has 1 aromatic carbocycles. The van der Waals surface area contributed by atoms with E-state index in [-0.39, 0.29) is 11.5 Å². The molecule has 0 radical (unpaired) electrons. The highest BCUT2D eigenvalue weighted by Gasteiger charge is 2.66. The number of benzene rings is 1. The van der Waals surface area contributed by atoms with Crippen molar-refractivity contribution < 1.29 is 14.5 Å². The van der Waals surface area contributed by atoms with E-state index in [4.69, 9.17) is 4.74 Å². The summed E-state index contributed by atoms with van der Waals surface area (Å²) in [6.45, 7) is 0.106. The maximum absolute atomic E-state index is 11.7. The second-order valence-electron chi connectivity index (χ2n) is 4.73. The number of nitro groups is 1. The highest BCUT2D eigenvalue weighted by atomic mass is 16.6. The Morgan fingerprint density at radius 1 is 1.53 bits per heavy atom. The number of esters is 1. The molecule has 0 unspecified atom stereocenters. The molecule has 7 nitrogen and oxygen atoms in total. The van der Waals surface area contributed by atoms with Crippen LogP contribution in [-0.2, 0) is 15.1 Å². The predicted octanol–water partition coefficient (Wildman–Crippen LogP) is 0.0975. The minimum Gasteiger partial charge on any atom is -0.468 e. The Bertz CT molecular complexity index is 562. The number of hydrogen-bond acceptors (Lipinski definition) is 6. The van der Waals surface area contributed by atoms with Crippen molar-refractivity contribution in [3.05, 3.63) is 39.9 Å². The van der Waals surface area contributed by atoms with Crippen molar-refractivity contribution in [3.63, 3.8) is 0 Å². The molecule has 2 N–H and O–H groups in total. The van der Waals surface area contributed by atoms with Gasteiger partial charge in [-0.05, 0) is 12.1 Å². The minimum absolute atomic E-state index is 0.106. The van der Waals surface area contributed by atoms with Gasteiger partial charge in [0.05, 0.1) is 19.2 Å². The molecule has 7 heteroatoms. The van der Waals surface area contributed by atoms with E-state index in [0.717, 1.165) is 0 Å². The largest absolute Gasteiger partial charge is 0.468 e. The van der Waals surface area contributed by atoms with Crippen LogP contribution in [0.25, 0.3) is 0 Å². The van der Waals surface area contributed by atoms with Gasteiger partial charge in [-0.25, -0.2) is 0 Å². The Hall–Kier alpha value is -2.15. The number of carbonyl (C=O) groups excluding carboxylic acids is 1. The number of anilines is 1. The van der Waals surface area contributed by atoms with Gasteiger partial charge in [-0.2, -0.15) is 0 Å². The van der Waals surface area contributed by atoms with Crippen molar-refractivity contribution in [3.8, 4) is 0 Å². The summed E-state index contributed by atoms with van der Waals surface area (Å²) in [5, 5.41) is 17.6. The molecular weight excluding hydrogens is 250 g/mol. The van der Waals surface area contributed by atoms with E-state index in [0.29, 0.717) is 11.3 Å². The lowest BCUT2D eigenvalue weighted by molar-refractivity contribution is -0.573. The van der Waals surface area contributed by atoms with Gasteiger partial charge in [0, 0.05) is 10.6 Å². The molecule has 0 bridgehead atoms. The van der Waals surface area contributed by atoms with E-state index in [2.05, 4.69) is 10.6 Å². The van der Waals surface area contributed by atoms with Gasteiger partial charge in [-0.3, -0.25) is 20.2 Å². The highest BCUT2D eigenvalue weighted by molar-refractivity contribution is 5.80. The molecule has 19 heavy (non-hydrogen) atoms. The standard InChI is InChI=1S/C12H13N3O4/c1-19-11(16)9-10-12(6-13-9,15(17)18)7-4-2-3-5-8(7)14-10/h2-5,9-10,13-14H,6H2,1H3/t9-,10+,12-/m0/s1. The van der Waals surface area contributed by atoms with Gasteiger partial charge in [0.15, 0.2) is 0 Å². The van der Waals surface area contributed by atoms with Crippen LogP contribution in [0.4, 0.5) is 5.69 Å². The van der Waals surface area contributed by atoms with Gasteiger partial charge in [-0.1, -0.05) is 12.1 Å². The Kier molecular flexibility index (Phi) is 2.46. The SMILES string of the molecule is COC(=O)[C@H]1NC[C@]2([N+](=O)[O-])c3ccccc3N[C@H]12. The van der Waals surface area contributed by atoms with Crippen molar-refractivity contribution in [2.24, 2.45) is 0 Å². The molecule has 1 aromatic rings. The smallest absolute Gasteiger partial charge is 0.325 e. The topological polar surface area (TPSA) is 93.5 Å². The van der Waals surface area contributed by atoms with Gasteiger partial charge < -0.3 is 10.1 Å². The maximum atomic E-state index is 11.7. The first-order valence-electron chi connectivity index (χ1n) is 5.93. The Morgan fingerprint density at radius 3 is 2.95 bits per heavy atom. The number of nitrogens with one attached hydrogen (secondary N) is 2. The predicted molar refractivity (Wildman–Crippen MR) is 66.3 cm³/mol. The summed E-state index contributed by atoms with van der Waals surface area (Å²) in [5.41, 5.74) is 0.0126. The molecule has 3 rings (SSSR count). The molecule has 0 saturated carbocycles. The number of carbonyl (C=O) groups is 1. The molecular formula is C12H13N3O4. The van der Waals surface area contributed by atoms with E-state index in [9.17, 15) is 14.9 Å². The quantitative estimate of drug-likeness (QED) is 0.446. The number of methoxy groups -OCH3 is 1. The van der Waals surface area contributed by atoms with Crippen LogP contribution in [0.15, 0.2) is 24.3 Å². The fourth-order valence-electron chi connectivity index (χ4n) is 3.01. The normalized spacial score (nSPS) is 31.2. The average Bonchev–Trinajstić information content (AvgIpc) is 2.92. The first-order chi connectivity index (χ1) is 9.11. The average molecular weight is 263 g/mol. The van der Waals surface area contributed by atoms with Crippen LogP contribution in [0.3, 0.4) is 0 Å². The molecule has 3 atom stereocenters. The van der Waals surface area contributed by atoms with Gasteiger partial charge >= 0.3 is 5.97 Å². The van der Waals surface area contributed by atoms with Crippen molar-refractivity contribution in [1.29, 1.82) is 0 Å². The molecule has 2 aliphatic rings. The number of fused-ring (bicyclic) bond motifs is 3. The van der Waals surface area contributed by atoms with Gasteiger partial charge in [0.2, 0.25) is 0 Å².